The zero-order chi connectivity index (χ0) is 15.1. The van der Waals surface area contributed by atoms with Gasteiger partial charge in [0.05, 0.1) is 10.8 Å². The maximum absolute atomic E-state index is 13.8. The highest BCUT2D eigenvalue weighted by molar-refractivity contribution is 8.00. The molecule has 2 fully saturated rings. The lowest BCUT2D eigenvalue weighted by Crippen LogP contribution is -2.33. The number of aromatic carboxylic acids is 1. The lowest BCUT2D eigenvalue weighted by Gasteiger charge is -2.13. The molecule has 1 heterocycles. The number of amides is 2. The Hall–Kier alpha value is -1.89. The third kappa shape index (κ3) is 2.65. The van der Waals surface area contributed by atoms with Crippen molar-refractivity contribution in [1.82, 2.24) is 4.90 Å². The molecule has 1 aliphatic heterocycles. The number of halogens is 1. The van der Waals surface area contributed by atoms with Crippen molar-refractivity contribution in [1.29, 1.82) is 0 Å². The number of carbonyl (C=O) groups excluding carboxylic acids is 2. The van der Waals surface area contributed by atoms with Gasteiger partial charge in [-0.2, -0.15) is 0 Å². The van der Waals surface area contributed by atoms with Crippen LogP contribution in [0.4, 0.5) is 4.39 Å². The van der Waals surface area contributed by atoms with Gasteiger partial charge in [-0.15, -0.1) is 11.8 Å². The van der Waals surface area contributed by atoms with Gasteiger partial charge in [0.2, 0.25) is 11.8 Å². The van der Waals surface area contributed by atoms with E-state index in [9.17, 15) is 18.8 Å². The van der Waals surface area contributed by atoms with Crippen LogP contribution in [0.25, 0.3) is 0 Å². The summed E-state index contributed by atoms with van der Waals surface area (Å²) in [6, 6.07) is 3.43. The first-order chi connectivity index (χ1) is 9.97. The van der Waals surface area contributed by atoms with Crippen molar-refractivity contribution in [3.8, 4) is 0 Å². The molecule has 0 bridgehead atoms. The van der Waals surface area contributed by atoms with Gasteiger partial charge in [-0.05, 0) is 31.0 Å². The lowest BCUT2D eigenvalue weighted by atomic mass is 10.2. The van der Waals surface area contributed by atoms with E-state index in [1.54, 1.807) is 0 Å². The molecule has 7 heteroatoms. The van der Waals surface area contributed by atoms with Crippen LogP contribution in [0.5, 0.6) is 0 Å². The Morgan fingerprint density at radius 2 is 2.05 bits per heavy atom. The first-order valence-corrected chi connectivity index (χ1v) is 7.40. The number of carboxylic acid groups (broad SMARTS) is 1. The van der Waals surface area contributed by atoms with E-state index < -0.39 is 17.0 Å². The number of thioether (sulfide) groups is 1. The molecule has 0 aromatic heterocycles. The third-order valence-corrected chi connectivity index (χ3v) is 4.72. The van der Waals surface area contributed by atoms with Gasteiger partial charge < -0.3 is 5.11 Å². The van der Waals surface area contributed by atoms with Gasteiger partial charge in [0.25, 0.3) is 0 Å². The summed E-state index contributed by atoms with van der Waals surface area (Å²) in [5.41, 5.74) is -0.0466. The average molecular weight is 309 g/mol. The van der Waals surface area contributed by atoms with Crippen molar-refractivity contribution in [3.63, 3.8) is 0 Å². The van der Waals surface area contributed by atoms with Gasteiger partial charge >= 0.3 is 5.97 Å². The second-order valence-electron chi connectivity index (χ2n) is 5.09. The van der Waals surface area contributed by atoms with Crippen LogP contribution in [-0.2, 0) is 9.59 Å². The maximum Gasteiger partial charge on any atom is 0.335 e. The molecule has 3 rings (SSSR count). The topological polar surface area (TPSA) is 74.7 Å². The molecule has 2 aliphatic rings. The Morgan fingerprint density at radius 1 is 1.33 bits per heavy atom. The fraction of sp³-hybridized carbons (Fsp3) is 0.357. The minimum Gasteiger partial charge on any atom is -0.478 e. The highest BCUT2D eigenvalue weighted by Gasteiger charge is 2.46. The highest BCUT2D eigenvalue weighted by Crippen LogP contribution is 2.38. The molecule has 1 aliphatic carbocycles. The van der Waals surface area contributed by atoms with E-state index >= 15 is 0 Å². The number of carbonyl (C=O) groups is 3. The molecule has 1 N–H and O–H groups in total. The number of nitrogens with zero attached hydrogens (tertiary/aromatic N) is 1. The van der Waals surface area contributed by atoms with E-state index in [1.807, 2.05) is 0 Å². The van der Waals surface area contributed by atoms with Crippen molar-refractivity contribution < 1.29 is 23.9 Å². The number of hydrogen-bond acceptors (Lipinski definition) is 4. The first-order valence-electron chi connectivity index (χ1n) is 6.53. The van der Waals surface area contributed by atoms with Gasteiger partial charge in [0, 0.05) is 17.4 Å². The summed E-state index contributed by atoms with van der Waals surface area (Å²) >= 11 is 0.920. The maximum atomic E-state index is 13.8. The highest BCUT2D eigenvalue weighted by atomic mass is 32.2. The minimum atomic E-state index is -1.16. The molecule has 2 amide bonds. The summed E-state index contributed by atoms with van der Waals surface area (Å²) in [5, 5.41) is 8.25. The number of hydrogen-bond donors (Lipinski definition) is 1. The predicted octanol–water partition coefficient (Wildman–Crippen LogP) is 1.91. The molecular weight excluding hydrogens is 297 g/mol. The zero-order valence-corrected chi connectivity index (χ0v) is 11.7. The second-order valence-corrected chi connectivity index (χ2v) is 6.34. The number of rotatable bonds is 4. The number of imide groups is 1. The standard InChI is InChI=1S/C14H12FNO4S/c15-9-4-1-7(14(19)20)5-10(9)21-11-6-12(17)16(13(11)18)8-2-3-8/h1,4-5,8,11H,2-3,6H2,(H,19,20). The van der Waals surface area contributed by atoms with E-state index in [-0.39, 0.29) is 34.7 Å². The van der Waals surface area contributed by atoms with Crippen molar-refractivity contribution in [3.05, 3.63) is 29.6 Å². The van der Waals surface area contributed by atoms with Crippen LogP contribution in [0.2, 0.25) is 0 Å². The Morgan fingerprint density at radius 3 is 2.67 bits per heavy atom. The smallest absolute Gasteiger partial charge is 0.335 e. The van der Waals surface area contributed by atoms with Crippen molar-refractivity contribution >= 4 is 29.5 Å². The van der Waals surface area contributed by atoms with Crippen LogP contribution in [-0.4, -0.2) is 39.1 Å². The number of likely N-dealkylation sites (tertiary alicyclic amines) is 1. The van der Waals surface area contributed by atoms with Gasteiger partial charge in [0.1, 0.15) is 5.82 Å². The molecule has 1 unspecified atom stereocenters. The van der Waals surface area contributed by atoms with Gasteiger partial charge in [-0.1, -0.05) is 0 Å². The summed E-state index contributed by atoms with van der Waals surface area (Å²) in [6.07, 6.45) is 1.70. The van der Waals surface area contributed by atoms with Crippen LogP contribution >= 0.6 is 11.8 Å². The first kappa shape index (κ1) is 14.1. The van der Waals surface area contributed by atoms with E-state index in [4.69, 9.17) is 5.11 Å². The SMILES string of the molecule is O=C(O)c1ccc(F)c(SC2CC(=O)N(C3CC3)C2=O)c1. The van der Waals surface area contributed by atoms with E-state index in [1.165, 1.54) is 17.0 Å². The number of carboxylic acids is 1. The van der Waals surface area contributed by atoms with Crippen molar-refractivity contribution in [2.45, 2.75) is 35.4 Å². The molecule has 1 aromatic rings. The molecule has 0 radical (unpaired) electrons. The van der Waals surface area contributed by atoms with Crippen LogP contribution in [0.3, 0.4) is 0 Å². The molecule has 1 saturated heterocycles. The van der Waals surface area contributed by atoms with Gasteiger partial charge in [0.15, 0.2) is 0 Å². The largest absolute Gasteiger partial charge is 0.478 e. The second kappa shape index (κ2) is 5.14. The normalized spacial score (nSPS) is 22.0. The molecule has 1 atom stereocenters. The Labute approximate surface area is 124 Å². The van der Waals surface area contributed by atoms with E-state index in [2.05, 4.69) is 0 Å². The van der Waals surface area contributed by atoms with Crippen LogP contribution in [0.15, 0.2) is 23.1 Å². The van der Waals surface area contributed by atoms with Crippen LogP contribution in [0, 0.1) is 5.82 Å². The summed E-state index contributed by atoms with van der Waals surface area (Å²) in [5.74, 6) is -2.28. The lowest BCUT2D eigenvalue weighted by molar-refractivity contribution is -0.138. The van der Waals surface area contributed by atoms with Gasteiger partial charge in [-0.3, -0.25) is 14.5 Å². The molecule has 0 spiro atoms. The van der Waals surface area contributed by atoms with Gasteiger partial charge in [-0.25, -0.2) is 9.18 Å². The summed E-state index contributed by atoms with van der Waals surface area (Å²) in [4.78, 5) is 36.3. The molecule has 1 aromatic carbocycles. The predicted molar refractivity (Wildman–Crippen MR) is 72.5 cm³/mol. The van der Waals surface area contributed by atoms with Crippen LogP contribution in [0.1, 0.15) is 29.6 Å². The molecule has 110 valence electrons. The molecule has 1 saturated carbocycles. The molecule has 5 nitrogen and oxygen atoms in total. The molecular formula is C14H12FNO4S. The molecule has 21 heavy (non-hydrogen) atoms. The fourth-order valence-electron chi connectivity index (χ4n) is 2.31. The van der Waals surface area contributed by atoms with Crippen molar-refractivity contribution in [2.75, 3.05) is 0 Å². The minimum absolute atomic E-state index is 0.00537. The summed E-state index contributed by atoms with van der Waals surface area (Å²) < 4.78 is 13.8. The Balaban J connectivity index is 1.80. The quantitative estimate of drug-likeness (QED) is 0.860. The van der Waals surface area contributed by atoms with E-state index in [0.29, 0.717) is 0 Å². The van der Waals surface area contributed by atoms with E-state index in [0.717, 1.165) is 30.7 Å². The third-order valence-electron chi connectivity index (χ3n) is 3.50. The fourth-order valence-corrected chi connectivity index (χ4v) is 3.43. The van der Waals surface area contributed by atoms with Crippen LogP contribution < -0.4 is 0 Å². The Kier molecular flexibility index (Phi) is 3.44. The monoisotopic (exact) mass is 309 g/mol. The summed E-state index contributed by atoms with van der Waals surface area (Å²) in [6.45, 7) is 0. The Bertz CT molecular complexity index is 644. The number of benzene rings is 1. The van der Waals surface area contributed by atoms with Crippen molar-refractivity contribution in [2.24, 2.45) is 0 Å². The zero-order valence-electron chi connectivity index (χ0n) is 10.9. The average Bonchev–Trinajstić information content (AvgIpc) is 3.20. The summed E-state index contributed by atoms with van der Waals surface area (Å²) in [7, 11) is 0.